The number of rotatable bonds is 3. The first-order valence-corrected chi connectivity index (χ1v) is 6.33. The lowest BCUT2D eigenvalue weighted by Crippen LogP contribution is -2.49. The highest BCUT2D eigenvalue weighted by molar-refractivity contribution is 5.96. The van der Waals surface area contributed by atoms with E-state index in [2.05, 4.69) is 5.32 Å². The number of nitrogens with one attached hydrogen (secondary N) is 1. The number of ether oxygens (including phenoxy) is 2. The average molecular weight is 265 g/mol. The van der Waals surface area contributed by atoms with Gasteiger partial charge in [-0.25, -0.2) is 0 Å². The molecule has 0 unspecified atom stereocenters. The Morgan fingerprint density at radius 3 is 3.05 bits per heavy atom. The van der Waals surface area contributed by atoms with Gasteiger partial charge in [-0.2, -0.15) is 0 Å². The summed E-state index contributed by atoms with van der Waals surface area (Å²) in [4.78, 5) is 12.2. The van der Waals surface area contributed by atoms with Gasteiger partial charge in [0.1, 0.15) is 11.9 Å². The van der Waals surface area contributed by atoms with Crippen LogP contribution in [0.5, 0.6) is 5.75 Å². The molecule has 0 spiro atoms. The number of methoxy groups -OCH3 is 1. The van der Waals surface area contributed by atoms with Gasteiger partial charge in [-0.1, -0.05) is 6.07 Å². The predicted octanol–water partition coefficient (Wildman–Crippen LogP) is 1.23. The van der Waals surface area contributed by atoms with E-state index in [0.29, 0.717) is 18.8 Å². The normalized spacial score (nSPS) is 23.1. The minimum Gasteiger partial charge on any atom is -0.508 e. The average Bonchev–Trinajstić information content (AvgIpc) is 2.42. The van der Waals surface area contributed by atoms with Crippen molar-refractivity contribution >= 4 is 5.91 Å². The minimum absolute atomic E-state index is 0.0620. The fraction of sp³-hybridized carbons (Fsp3) is 0.500. The molecule has 5 heteroatoms. The highest BCUT2D eigenvalue weighted by Gasteiger charge is 2.27. The van der Waals surface area contributed by atoms with Crippen LogP contribution in [0.25, 0.3) is 0 Å². The Kier molecular flexibility index (Phi) is 4.39. The molecule has 104 valence electrons. The van der Waals surface area contributed by atoms with Crippen molar-refractivity contribution in [1.82, 2.24) is 5.32 Å². The van der Waals surface area contributed by atoms with Crippen LogP contribution in [-0.4, -0.2) is 43.5 Å². The van der Waals surface area contributed by atoms with Gasteiger partial charge in [0.15, 0.2) is 0 Å². The maximum atomic E-state index is 12.2. The Morgan fingerprint density at radius 2 is 2.32 bits per heavy atom. The molecule has 1 aliphatic rings. The van der Waals surface area contributed by atoms with E-state index in [1.807, 2.05) is 6.92 Å². The second-order valence-electron chi connectivity index (χ2n) is 4.72. The Bertz CT molecular complexity index is 461. The van der Waals surface area contributed by atoms with E-state index in [9.17, 15) is 9.90 Å². The second kappa shape index (κ2) is 6.04. The Morgan fingerprint density at radius 1 is 1.53 bits per heavy atom. The van der Waals surface area contributed by atoms with Crippen LogP contribution in [-0.2, 0) is 9.47 Å². The summed E-state index contributed by atoms with van der Waals surface area (Å²) in [5.41, 5.74) is 1.32. The summed E-state index contributed by atoms with van der Waals surface area (Å²) >= 11 is 0. The lowest BCUT2D eigenvalue weighted by molar-refractivity contribution is -0.0479. The zero-order valence-electron chi connectivity index (χ0n) is 11.2. The summed E-state index contributed by atoms with van der Waals surface area (Å²) in [6, 6.07) is 4.71. The summed E-state index contributed by atoms with van der Waals surface area (Å²) in [5.74, 6) is -0.103. The molecule has 1 saturated heterocycles. The van der Waals surface area contributed by atoms with Gasteiger partial charge < -0.3 is 19.9 Å². The molecule has 1 heterocycles. The number of benzene rings is 1. The van der Waals surface area contributed by atoms with Gasteiger partial charge in [-0.05, 0) is 31.0 Å². The highest BCUT2D eigenvalue weighted by atomic mass is 16.5. The number of phenols is 1. The number of carbonyl (C=O) groups excluding carboxylic acids is 1. The molecule has 1 amide bonds. The minimum atomic E-state index is -0.192. The van der Waals surface area contributed by atoms with Crippen LogP contribution in [0.15, 0.2) is 18.2 Å². The smallest absolute Gasteiger partial charge is 0.251 e. The standard InChI is InChI=1S/C14H19NO4/c1-9-3-4-10(16)7-11(9)14(17)15-12-5-6-19-8-13(12)18-2/h3-4,7,12-13,16H,5-6,8H2,1-2H3,(H,15,17)/t12-,13-/m1/s1. The molecule has 0 bridgehead atoms. The van der Waals surface area contributed by atoms with Crippen molar-refractivity contribution in [2.24, 2.45) is 0 Å². The molecule has 1 aliphatic heterocycles. The lowest BCUT2D eigenvalue weighted by atomic mass is 10.0. The van der Waals surface area contributed by atoms with Gasteiger partial charge >= 0.3 is 0 Å². The van der Waals surface area contributed by atoms with E-state index in [0.717, 1.165) is 12.0 Å². The fourth-order valence-electron chi connectivity index (χ4n) is 2.21. The molecule has 5 nitrogen and oxygen atoms in total. The first-order chi connectivity index (χ1) is 9.11. The van der Waals surface area contributed by atoms with Gasteiger partial charge in [-0.3, -0.25) is 4.79 Å². The van der Waals surface area contributed by atoms with Crippen molar-refractivity contribution in [3.8, 4) is 5.75 Å². The van der Waals surface area contributed by atoms with Crippen LogP contribution in [0.1, 0.15) is 22.3 Å². The van der Waals surface area contributed by atoms with Gasteiger partial charge in [-0.15, -0.1) is 0 Å². The first kappa shape index (κ1) is 13.8. The molecule has 2 rings (SSSR count). The quantitative estimate of drug-likeness (QED) is 0.862. The molecule has 19 heavy (non-hydrogen) atoms. The molecular formula is C14H19NO4. The third-order valence-corrected chi connectivity index (χ3v) is 3.39. The maximum absolute atomic E-state index is 12.2. The Balaban J connectivity index is 2.09. The second-order valence-corrected chi connectivity index (χ2v) is 4.72. The van der Waals surface area contributed by atoms with Crippen LogP contribution < -0.4 is 5.32 Å². The zero-order chi connectivity index (χ0) is 13.8. The third-order valence-electron chi connectivity index (χ3n) is 3.39. The van der Waals surface area contributed by atoms with E-state index < -0.39 is 0 Å². The number of amides is 1. The van der Waals surface area contributed by atoms with Crippen LogP contribution in [0, 0.1) is 6.92 Å². The Hall–Kier alpha value is -1.59. The maximum Gasteiger partial charge on any atom is 0.251 e. The molecule has 2 atom stereocenters. The van der Waals surface area contributed by atoms with Gasteiger partial charge in [0, 0.05) is 19.3 Å². The summed E-state index contributed by atoms with van der Waals surface area (Å²) in [7, 11) is 1.61. The van der Waals surface area contributed by atoms with Crippen LogP contribution in [0.2, 0.25) is 0 Å². The highest BCUT2D eigenvalue weighted by Crippen LogP contribution is 2.17. The van der Waals surface area contributed by atoms with E-state index >= 15 is 0 Å². The zero-order valence-corrected chi connectivity index (χ0v) is 11.2. The monoisotopic (exact) mass is 265 g/mol. The SMILES string of the molecule is CO[C@@H]1COCC[C@H]1NC(=O)c1cc(O)ccc1C. The van der Waals surface area contributed by atoms with Crippen LogP contribution in [0.4, 0.5) is 0 Å². The lowest BCUT2D eigenvalue weighted by Gasteiger charge is -2.31. The fourth-order valence-corrected chi connectivity index (χ4v) is 2.21. The summed E-state index contributed by atoms with van der Waals surface area (Å²) in [5, 5.41) is 12.4. The number of carbonyl (C=O) groups is 1. The number of aromatic hydroxyl groups is 1. The van der Waals surface area contributed by atoms with Crippen molar-refractivity contribution < 1.29 is 19.4 Å². The van der Waals surface area contributed by atoms with Gasteiger partial charge in [0.25, 0.3) is 5.91 Å². The van der Waals surface area contributed by atoms with Gasteiger partial charge in [0.05, 0.1) is 12.6 Å². The molecule has 1 aromatic rings. The number of aryl methyl sites for hydroxylation is 1. The molecule has 0 radical (unpaired) electrons. The van der Waals surface area contributed by atoms with E-state index in [-0.39, 0.29) is 23.8 Å². The summed E-state index contributed by atoms with van der Waals surface area (Å²) in [6.45, 7) is 2.94. The summed E-state index contributed by atoms with van der Waals surface area (Å²) < 4.78 is 10.6. The van der Waals surface area contributed by atoms with Crippen LogP contribution in [0.3, 0.4) is 0 Å². The first-order valence-electron chi connectivity index (χ1n) is 6.33. The van der Waals surface area contributed by atoms with Crippen LogP contribution >= 0.6 is 0 Å². The molecule has 2 N–H and O–H groups in total. The third kappa shape index (κ3) is 3.24. The van der Waals surface area contributed by atoms with Gasteiger partial charge in [0.2, 0.25) is 0 Å². The topological polar surface area (TPSA) is 67.8 Å². The van der Waals surface area contributed by atoms with E-state index in [1.54, 1.807) is 19.2 Å². The number of hydrogen-bond donors (Lipinski definition) is 2. The molecule has 1 fully saturated rings. The number of hydrogen-bond acceptors (Lipinski definition) is 4. The molecule has 0 saturated carbocycles. The largest absolute Gasteiger partial charge is 0.508 e. The van der Waals surface area contributed by atoms with E-state index in [1.165, 1.54) is 6.07 Å². The predicted molar refractivity (Wildman–Crippen MR) is 70.3 cm³/mol. The van der Waals surface area contributed by atoms with Crippen molar-refractivity contribution in [2.75, 3.05) is 20.3 Å². The summed E-state index contributed by atoms with van der Waals surface area (Å²) in [6.07, 6.45) is 0.595. The molecule has 1 aromatic carbocycles. The van der Waals surface area contributed by atoms with Crippen molar-refractivity contribution in [2.45, 2.75) is 25.5 Å². The van der Waals surface area contributed by atoms with E-state index in [4.69, 9.17) is 9.47 Å². The van der Waals surface area contributed by atoms with Crippen molar-refractivity contribution in [1.29, 1.82) is 0 Å². The molecule has 0 aromatic heterocycles. The van der Waals surface area contributed by atoms with Crippen molar-refractivity contribution in [3.63, 3.8) is 0 Å². The molecule has 0 aliphatic carbocycles. The van der Waals surface area contributed by atoms with Crippen molar-refractivity contribution in [3.05, 3.63) is 29.3 Å². The Labute approximate surface area is 112 Å². The molecular weight excluding hydrogens is 246 g/mol. The number of phenolic OH excluding ortho intramolecular Hbond substituents is 1.